The van der Waals surface area contributed by atoms with Crippen LogP contribution >= 0.6 is 11.8 Å². The maximum atomic E-state index is 12.8. The molecule has 0 heterocycles. The first-order chi connectivity index (χ1) is 15.2. The van der Waals surface area contributed by atoms with Crippen molar-refractivity contribution in [3.05, 3.63) is 83.4 Å². The number of rotatable bonds is 9. The summed E-state index contributed by atoms with van der Waals surface area (Å²) in [6.07, 6.45) is 0. The topological polar surface area (TPSA) is 92.7 Å². The Morgan fingerprint density at radius 3 is 2.28 bits per heavy atom. The van der Waals surface area contributed by atoms with Crippen LogP contribution in [0.4, 0.5) is 10.2 Å². The van der Waals surface area contributed by atoms with Crippen LogP contribution in [0.25, 0.3) is 0 Å². The maximum Gasteiger partial charge on any atom is 0.336 e. The SMILES string of the molecule is CC(C)c1ccc(S(=O)(=O)Nc2ccc(SCc3ccc(OF)cc3)cc2)cc1C(=O)O. The first kappa shape index (κ1) is 23.6. The summed E-state index contributed by atoms with van der Waals surface area (Å²) in [5, 5.41) is 9.44. The van der Waals surface area contributed by atoms with Gasteiger partial charge in [-0.15, -0.1) is 11.8 Å². The van der Waals surface area contributed by atoms with Crippen molar-refractivity contribution in [1.82, 2.24) is 0 Å². The number of hydrogen-bond donors (Lipinski definition) is 2. The van der Waals surface area contributed by atoms with Gasteiger partial charge >= 0.3 is 5.97 Å². The molecule has 0 aromatic heterocycles. The van der Waals surface area contributed by atoms with Crippen LogP contribution < -0.4 is 9.66 Å². The molecule has 0 radical (unpaired) electrons. The van der Waals surface area contributed by atoms with Gasteiger partial charge in [-0.2, -0.15) is 0 Å². The van der Waals surface area contributed by atoms with E-state index in [2.05, 4.69) is 9.66 Å². The third-order valence-electron chi connectivity index (χ3n) is 4.71. The van der Waals surface area contributed by atoms with E-state index in [1.165, 1.54) is 30.3 Å². The Balaban J connectivity index is 1.70. The van der Waals surface area contributed by atoms with Crippen LogP contribution in [0.1, 0.15) is 41.3 Å². The van der Waals surface area contributed by atoms with Crippen LogP contribution in [0.3, 0.4) is 0 Å². The highest BCUT2D eigenvalue weighted by atomic mass is 32.2. The first-order valence-corrected chi connectivity index (χ1v) is 12.2. The van der Waals surface area contributed by atoms with Crippen LogP contribution in [0.2, 0.25) is 0 Å². The summed E-state index contributed by atoms with van der Waals surface area (Å²) in [7, 11) is -3.95. The van der Waals surface area contributed by atoms with Gasteiger partial charge in [0, 0.05) is 20.9 Å². The molecule has 0 saturated carbocycles. The van der Waals surface area contributed by atoms with Crippen molar-refractivity contribution in [1.29, 1.82) is 0 Å². The maximum absolute atomic E-state index is 12.8. The first-order valence-electron chi connectivity index (χ1n) is 9.70. The van der Waals surface area contributed by atoms with Gasteiger partial charge in [-0.3, -0.25) is 9.66 Å². The normalized spacial score (nSPS) is 11.4. The average molecular weight is 476 g/mol. The quantitative estimate of drug-likeness (QED) is 0.376. The Bertz CT molecular complexity index is 1190. The zero-order valence-corrected chi connectivity index (χ0v) is 19.0. The van der Waals surface area contributed by atoms with Crippen molar-refractivity contribution in [2.75, 3.05) is 4.72 Å². The lowest BCUT2D eigenvalue weighted by Gasteiger charge is -2.13. The van der Waals surface area contributed by atoms with Gasteiger partial charge in [0.2, 0.25) is 0 Å². The number of halogens is 1. The third-order valence-corrected chi connectivity index (χ3v) is 7.17. The summed E-state index contributed by atoms with van der Waals surface area (Å²) >= 11 is 1.54. The fourth-order valence-corrected chi connectivity index (χ4v) is 4.97. The largest absolute Gasteiger partial charge is 0.478 e. The molecule has 6 nitrogen and oxygen atoms in total. The average Bonchev–Trinajstić information content (AvgIpc) is 2.78. The van der Waals surface area contributed by atoms with E-state index in [1.54, 1.807) is 48.2 Å². The van der Waals surface area contributed by atoms with Crippen LogP contribution in [0, 0.1) is 0 Å². The van der Waals surface area contributed by atoms with Gasteiger partial charge in [0.25, 0.3) is 10.0 Å². The molecular weight excluding hydrogens is 453 g/mol. The van der Waals surface area contributed by atoms with Crippen LogP contribution in [0.15, 0.2) is 76.5 Å². The molecule has 0 unspecified atom stereocenters. The van der Waals surface area contributed by atoms with Crippen LogP contribution in [-0.4, -0.2) is 19.5 Å². The van der Waals surface area contributed by atoms with E-state index >= 15 is 0 Å². The summed E-state index contributed by atoms with van der Waals surface area (Å²) in [6.45, 7) is 3.70. The highest BCUT2D eigenvalue weighted by Crippen LogP contribution is 2.27. The fraction of sp³-hybridized carbons (Fsp3) is 0.174. The molecule has 32 heavy (non-hydrogen) atoms. The summed E-state index contributed by atoms with van der Waals surface area (Å²) in [4.78, 5) is 16.0. The van der Waals surface area contributed by atoms with Gasteiger partial charge in [0.05, 0.1) is 10.5 Å². The Morgan fingerprint density at radius 1 is 1.06 bits per heavy atom. The standard InChI is InChI=1S/C23H22FNO5S2/c1-15(2)21-12-11-20(13-22(21)23(26)27)32(28,29)25-17-5-9-19(10-6-17)31-14-16-3-7-18(30-24)8-4-16/h3-13,15,25H,14H2,1-2H3,(H,26,27). The van der Waals surface area contributed by atoms with Gasteiger partial charge in [0.1, 0.15) is 0 Å². The minimum absolute atomic E-state index is 0.0271. The molecule has 0 spiro atoms. The molecule has 0 bridgehead atoms. The lowest BCUT2D eigenvalue weighted by atomic mass is 9.97. The van der Waals surface area contributed by atoms with Gasteiger partial charge in [-0.05, 0) is 65.6 Å². The molecule has 0 aliphatic carbocycles. The minimum Gasteiger partial charge on any atom is -0.478 e. The number of carbonyl (C=O) groups is 1. The monoisotopic (exact) mass is 475 g/mol. The number of thioether (sulfide) groups is 1. The van der Waals surface area contributed by atoms with E-state index < -0.39 is 16.0 Å². The predicted octanol–water partition coefficient (Wildman–Crippen LogP) is 5.86. The second kappa shape index (κ2) is 10.1. The number of carboxylic acid groups (broad SMARTS) is 1. The van der Waals surface area contributed by atoms with Crippen molar-refractivity contribution in [2.45, 2.75) is 35.3 Å². The van der Waals surface area contributed by atoms with Crippen LogP contribution in [0.5, 0.6) is 5.75 Å². The molecule has 0 atom stereocenters. The number of sulfonamides is 1. The van der Waals surface area contributed by atoms with Gasteiger partial charge in [-0.25, -0.2) is 13.2 Å². The van der Waals surface area contributed by atoms with Crippen molar-refractivity contribution >= 4 is 33.4 Å². The number of hydrogen-bond acceptors (Lipinski definition) is 5. The molecule has 168 valence electrons. The zero-order chi connectivity index (χ0) is 23.3. The highest BCUT2D eigenvalue weighted by molar-refractivity contribution is 7.98. The van der Waals surface area contributed by atoms with Crippen molar-refractivity contribution in [3.8, 4) is 5.75 Å². The number of anilines is 1. The Kier molecular flexibility index (Phi) is 7.42. The van der Waals surface area contributed by atoms with Crippen molar-refractivity contribution in [2.24, 2.45) is 0 Å². The third kappa shape index (κ3) is 5.80. The second-order valence-corrected chi connectivity index (χ2v) is 10.1. The molecule has 0 aliphatic rings. The number of benzene rings is 3. The van der Waals surface area contributed by atoms with E-state index in [9.17, 15) is 22.8 Å². The smallest absolute Gasteiger partial charge is 0.336 e. The molecule has 3 rings (SSSR count). The summed E-state index contributed by atoms with van der Waals surface area (Å²) in [6, 6.07) is 17.6. The Labute approximate surface area is 190 Å². The summed E-state index contributed by atoms with van der Waals surface area (Å²) < 4.78 is 40.1. The van der Waals surface area contributed by atoms with Crippen LogP contribution in [-0.2, 0) is 15.8 Å². The van der Waals surface area contributed by atoms with E-state index in [-0.39, 0.29) is 22.1 Å². The van der Waals surface area contributed by atoms with Gasteiger partial charge in [0.15, 0.2) is 5.75 Å². The molecular formula is C23H22FNO5S2. The van der Waals surface area contributed by atoms with E-state index in [1.807, 2.05) is 13.8 Å². The lowest BCUT2D eigenvalue weighted by molar-refractivity contribution is -0.00621. The minimum atomic E-state index is -3.95. The number of nitrogens with one attached hydrogen (secondary N) is 1. The van der Waals surface area contributed by atoms with E-state index in [0.717, 1.165) is 10.5 Å². The Hall–Kier alpha value is -3.04. The number of carboxylic acids is 1. The molecule has 0 amide bonds. The molecule has 0 aliphatic heterocycles. The van der Waals surface area contributed by atoms with Crippen molar-refractivity contribution in [3.63, 3.8) is 0 Å². The fourth-order valence-electron chi connectivity index (χ4n) is 3.03. The molecule has 3 aromatic rings. The summed E-state index contributed by atoms with van der Waals surface area (Å²) in [5.74, 6) is -0.424. The van der Waals surface area contributed by atoms with E-state index in [4.69, 9.17) is 0 Å². The molecule has 9 heteroatoms. The van der Waals surface area contributed by atoms with E-state index in [0.29, 0.717) is 17.0 Å². The predicted molar refractivity (Wildman–Crippen MR) is 122 cm³/mol. The Morgan fingerprint density at radius 2 is 1.72 bits per heavy atom. The van der Waals surface area contributed by atoms with Gasteiger partial charge < -0.3 is 5.11 Å². The van der Waals surface area contributed by atoms with Gasteiger partial charge in [-0.1, -0.05) is 32.0 Å². The highest BCUT2D eigenvalue weighted by Gasteiger charge is 2.20. The molecule has 3 aromatic carbocycles. The molecule has 0 saturated heterocycles. The lowest BCUT2D eigenvalue weighted by Crippen LogP contribution is -2.15. The van der Waals surface area contributed by atoms with Crippen molar-refractivity contribution < 1.29 is 27.8 Å². The zero-order valence-electron chi connectivity index (χ0n) is 17.4. The molecule has 0 fully saturated rings. The second-order valence-electron chi connectivity index (χ2n) is 7.35. The summed E-state index contributed by atoms with van der Waals surface area (Å²) in [5.41, 5.74) is 1.90. The molecule has 2 N–H and O–H groups in total. The number of aromatic carboxylic acids is 1.